The molecule has 0 spiro atoms. The Balaban J connectivity index is 3.08. The first-order chi connectivity index (χ1) is 7.49. The van der Waals surface area contributed by atoms with E-state index < -0.39 is 0 Å². The highest BCUT2D eigenvalue weighted by Crippen LogP contribution is 2.42. The lowest BCUT2D eigenvalue weighted by atomic mass is 10.0. The van der Waals surface area contributed by atoms with Crippen molar-refractivity contribution < 1.29 is 5.11 Å². The Morgan fingerprint density at radius 1 is 1.25 bits per heavy atom. The first kappa shape index (κ1) is 14.4. The van der Waals surface area contributed by atoms with Crippen LogP contribution in [0.3, 0.4) is 0 Å². The molecule has 16 heavy (non-hydrogen) atoms. The lowest BCUT2D eigenvalue weighted by Crippen LogP contribution is -2.14. The fraction of sp³-hybridized carbons (Fsp3) is 0.400. The van der Waals surface area contributed by atoms with Crippen molar-refractivity contribution in [2.24, 2.45) is 11.5 Å². The zero-order chi connectivity index (χ0) is 12.3. The third-order valence-electron chi connectivity index (χ3n) is 2.27. The predicted octanol–water partition coefficient (Wildman–Crippen LogP) is 3.42. The molecule has 3 nitrogen and oxygen atoms in total. The molecule has 0 amide bonds. The van der Waals surface area contributed by atoms with Gasteiger partial charge in [0.05, 0.1) is 8.95 Å². The summed E-state index contributed by atoms with van der Waals surface area (Å²) in [5, 5.41) is 9.79. The van der Waals surface area contributed by atoms with Crippen LogP contribution in [0.2, 0.25) is 0 Å². The summed E-state index contributed by atoms with van der Waals surface area (Å²) in [7, 11) is 0. The molecule has 1 aromatic rings. The van der Waals surface area contributed by atoms with Crippen molar-refractivity contribution >= 4 is 47.8 Å². The first-order valence-electron chi connectivity index (χ1n) is 4.81. The second-order valence-electron chi connectivity index (χ2n) is 3.45. The molecule has 0 saturated heterocycles. The van der Waals surface area contributed by atoms with Gasteiger partial charge in [-0.3, -0.25) is 0 Å². The molecular weight excluding hydrogens is 404 g/mol. The van der Waals surface area contributed by atoms with Gasteiger partial charge in [0.1, 0.15) is 5.75 Å². The number of phenolic OH excluding ortho intramolecular Hbond substituents is 1. The molecule has 1 aromatic carbocycles. The van der Waals surface area contributed by atoms with E-state index in [1.54, 1.807) is 6.07 Å². The van der Waals surface area contributed by atoms with E-state index >= 15 is 0 Å². The average Bonchev–Trinajstić information content (AvgIpc) is 2.23. The summed E-state index contributed by atoms with van der Waals surface area (Å²) in [6, 6.07) is 1.64. The van der Waals surface area contributed by atoms with Crippen LogP contribution in [0.15, 0.2) is 19.5 Å². The second-order valence-corrected chi connectivity index (χ2v) is 5.96. The molecule has 0 saturated carbocycles. The smallest absolute Gasteiger partial charge is 0.144 e. The molecular formula is C10H13Br3N2O. The van der Waals surface area contributed by atoms with Crippen LogP contribution in [-0.2, 0) is 0 Å². The minimum absolute atomic E-state index is 0.147. The maximum Gasteiger partial charge on any atom is 0.144 e. The zero-order valence-electron chi connectivity index (χ0n) is 8.51. The Morgan fingerprint density at radius 2 is 1.88 bits per heavy atom. The van der Waals surface area contributed by atoms with Gasteiger partial charge >= 0.3 is 0 Å². The van der Waals surface area contributed by atoms with E-state index in [-0.39, 0.29) is 11.8 Å². The van der Waals surface area contributed by atoms with E-state index in [2.05, 4.69) is 47.8 Å². The van der Waals surface area contributed by atoms with E-state index in [4.69, 9.17) is 11.5 Å². The van der Waals surface area contributed by atoms with E-state index in [9.17, 15) is 5.11 Å². The number of rotatable bonds is 4. The monoisotopic (exact) mass is 414 g/mol. The topological polar surface area (TPSA) is 72.3 Å². The highest BCUT2D eigenvalue weighted by atomic mass is 79.9. The molecule has 0 aliphatic heterocycles. The standard InChI is InChI=1S/C10H13Br3N2O/c11-5-4-6(12)10(16)9(13)8(5)7(15)2-1-3-14/h4,7,16H,1-3,14-15H2/t7-/m1/s1. The molecule has 0 aliphatic carbocycles. The fourth-order valence-corrected chi connectivity index (χ4v) is 4.13. The molecule has 6 heteroatoms. The Hall–Kier alpha value is 0.380. The minimum atomic E-state index is -0.147. The molecule has 0 fully saturated rings. The Labute approximate surface area is 120 Å². The van der Waals surface area contributed by atoms with Gasteiger partial charge in [-0.15, -0.1) is 0 Å². The quantitative estimate of drug-likeness (QED) is 0.704. The number of nitrogens with two attached hydrogens (primary N) is 2. The molecule has 0 unspecified atom stereocenters. The normalized spacial score (nSPS) is 12.8. The van der Waals surface area contributed by atoms with E-state index in [0.717, 1.165) is 22.9 Å². The minimum Gasteiger partial charge on any atom is -0.506 e. The first-order valence-corrected chi connectivity index (χ1v) is 7.19. The van der Waals surface area contributed by atoms with Crippen molar-refractivity contribution in [3.63, 3.8) is 0 Å². The number of phenols is 1. The van der Waals surface area contributed by atoms with E-state index in [0.29, 0.717) is 15.5 Å². The maximum atomic E-state index is 9.79. The van der Waals surface area contributed by atoms with Crippen molar-refractivity contribution in [2.75, 3.05) is 6.54 Å². The van der Waals surface area contributed by atoms with Gasteiger partial charge in [-0.2, -0.15) is 0 Å². The average molecular weight is 417 g/mol. The van der Waals surface area contributed by atoms with Gasteiger partial charge in [-0.1, -0.05) is 15.9 Å². The fourth-order valence-electron chi connectivity index (χ4n) is 1.42. The lowest BCUT2D eigenvalue weighted by molar-refractivity contribution is 0.465. The SMILES string of the molecule is NCCC[C@@H](N)c1c(Br)cc(Br)c(O)c1Br. The van der Waals surface area contributed by atoms with Crippen LogP contribution < -0.4 is 11.5 Å². The Morgan fingerprint density at radius 3 is 2.44 bits per heavy atom. The Bertz CT molecular complexity index is 385. The Kier molecular flexibility index (Phi) is 5.73. The van der Waals surface area contributed by atoms with Gasteiger partial charge in [0, 0.05) is 16.1 Å². The summed E-state index contributed by atoms with van der Waals surface area (Å²) in [6.45, 7) is 0.617. The summed E-state index contributed by atoms with van der Waals surface area (Å²) >= 11 is 10.1. The van der Waals surface area contributed by atoms with Crippen LogP contribution in [0.5, 0.6) is 5.75 Å². The van der Waals surface area contributed by atoms with Gasteiger partial charge in [-0.05, 0) is 57.3 Å². The van der Waals surface area contributed by atoms with Crippen LogP contribution in [-0.4, -0.2) is 11.7 Å². The van der Waals surface area contributed by atoms with E-state index in [1.807, 2.05) is 0 Å². The summed E-state index contributed by atoms with van der Waals surface area (Å²) in [5.41, 5.74) is 12.4. The van der Waals surface area contributed by atoms with Crippen LogP contribution in [0, 0.1) is 0 Å². The van der Waals surface area contributed by atoms with Gasteiger partial charge in [-0.25, -0.2) is 0 Å². The van der Waals surface area contributed by atoms with Crippen molar-refractivity contribution in [2.45, 2.75) is 18.9 Å². The van der Waals surface area contributed by atoms with Crippen molar-refractivity contribution in [1.29, 1.82) is 0 Å². The molecule has 0 heterocycles. The summed E-state index contributed by atoms with van der Waals surface area (Å²) < 4.78 is 2.12. The number of aromatic hydroxyl groups is 1. The van der Waals surface area contributed by atoms with Gasteiger partial charge < -0.3 is 16.6 Å². The molecule has 0 aromatic heterocycles. The highest BCUT2D eigenvalue weighted by Gasteiger charge is 2.18. The van der Waals surface area contributed by atoms with Crippen LogP contribution >= 0.6 is 47.8 Å². The molecule has 1 atom stereocenters. The van der Waals surface area contributed by atoms with Crippen molar-refractivity contribution in [1.82, 2.24) is 0 Å². The molecule has 0 bridgehead atoms. The van der Waals surface area contributed by atoms with Crippen molar-refractivity contribution in [3.05, 3.63) is 25.0 Å². The number of halogens is 3. The molecule has 5 N–H and O–H groups in total. The van der Waals surface area contributed by atoms with Gasteiger partial charge in [0.25, 0.3) is 0 Å². The number of benzene rings is 1. The van der Waals surface area contributed by atoms with Crippen molar-refractivity contribution in [3.8, 4) is 5.75 Å². The van der Waals surface area contributed by atoms with Gasteiger partial charge in [0.2, 0.25) is 0 Å². The van der Waals surface area contributed by atoms with Crippen LogP contribution in [0.25, 0.3) is 0 Å². The van der Waals surface area contributed by atoms with Crippen LogP contribution in [0.4, 0.5) is 0 Å². The van der Waals surface area contributed by atoms with Gasteiger partial charge in [0.15, 0.2) is 0 Å². The lowest BCUT2D eigenvalue weighted by Gasteiger charge is -2.17. The third-order valence-corrected chi connectivity index (χ3v) is 4.33. The molecule has 1 rings (SSSR count). The highest BCUT2D eigenvalue weighted by molar-refractivity contribution is 9.11. The summed E-state index contributed by atoms with van der Waals surface area (Å²) in [6.07, 6.45) is 1.64. The summed E-state index contributed by atoms with van der Waals surface area (Å²) in [4.78, 5) is 0. The molecule has 90 valence electrons. The third kappa shape index (κ3) is 3.20. The maximum absolute atomic E-state index is 9.79. The molecule has 0 radical (unpaired) electrons. The molecule has 0 aliphatic rings. The largest absolute Gasteiger partial charge is 0.506 e. The summed E-state index contributed by atoms with van der Waals surface area (Å²) in [5.74, 6) is 0.168. The number of hydrogen-bond donors (Lipinski definition) is 3. The predicted molar refractivity (Wildman–Crippen MR) is 76.4 cm³/mol. The van der Waals surface area contributed by atoms with Crippen LogP contribution in [0.1, 0.15) is 24.4 Å². The van der Waals surface area contributed by atoms with E-state index in [1.165, 1.54) is 0 Å². The second kappa shape index (κ2) is 6.35. The number of hydrogen-bond acceptors (Lipinski definition) is 3. The zero-order valence-corrected chi connectivity index (χ0v) is 13.3.